The first-order chi connectivity index (χ1) is 16.8. The van der Waals surface area contributed by atoms with E-state index in [-0.39, 0.29) is 23.4 Å². The van der Waals surface area contributed by atoms with Crippen LogP contribution in [0.15, 0.2) is 72.3 Å². The summed E-state index contributed by atoms with van der Waals surface area (Å²) in [4.78, 5) is 27.5. The molecule has 0 bridgehead atoms. The molecule has 0 saturated carbocycles. The van der Waals surface area contributed by atoms with Gasteiger partial charge in [0.1, 0.15) is 17.3 Å². The number of nitrogens with zero attached hydrogens (tertiary/aromatic N) is 1. The quantitative estimate of drug-likeness (QED) is 0.301. The molecule has 1 unspecified atom stereocenters. The van der Waals surface area contributed by atoms with Crippen molar-refractivity contribution in [1.29, 1.82) is 0 Å². The predicted molar refractivity (Wildman–Crippen MR) is 127 cm³/mol. The van der Waals surface area contributed by atoms with E-state index in [1.54, 1.807) is 24.3 Å². The highest BCUT2D eigenvalue weighted by molar-refractivity contribution is 6.46. The Hall–Kier alpha value is -4.33. The van der Waals surface area contributed by atoms with Crippen LogP contribution < -0.4 is 9.47 Å². The molecule has 3 aromatic carbocycles. The summed E-state index contributed by atoms with van der Waals surface area (Å²) in [5.41, 5.74) is 1.51. The summed E-state index contributed by atoms with van der Waals surface area (Å²) in [5, 5.41) is 20.7. The van der Waals surface area contributed by atoms with E-state index in [1.807, 2.05) is 6.07 Å². The van der Waals surface area contributed by atoms with Gasteiger partial charge in [-0.25, -0.2) is 4.39 Å². The van der Waals surface area contributed by atoms with Crippen molar-refractivity contribution in [2.75, 3.05) is 20.8 Å². The van der Waals surface area contributed by atoms with Crippen molar-refractivity contribution in [3.05, 3.63) is 94.8 Å². The maximum atomic E-state index is 13.4. The van der Waals surface area contributed by atoms with Crippen LogP contribution in [0.5, 0.6) is 17.2 Å². The first-order valence-electron chi connectivity index (χ1n) is 10.9. The first kappa shape index (κ1) is 23.8. The van der Waals surface area contributed by atoms with Crippen molar-refractivity contribution in [2.45, 2.75) is 12.5 Å². The van der Waals surface area contributed by atoms with E-state index in [1.165, 1.54) is 43.4 Å². The van der Waals surface area contributed by atoms with Gasteiger partial charge in [0.05, 0.1) is 25.8 Å². The number of ether oxygens (including phenoxy) is 2. The molecule has 1 aliphatic heterocycles. The number of aliphatic hydroxyl groups excluding tert-OH is 1. The summed E-state index contributed by atoms with van der Waals surface area (Å²) in [6, 6.07) is 15.6. The molecule has 8 heteroatoms. The van der Waals surface area contributed by atoms with Gasteiger partial charge in [0.25, 0.3) is 11.7 Å². The lowest BCUT2D eigenvalue weighted by atomic mass is 9.95. The smallest absolute Gasteiger partial charge is 0.295 e. The van der Waals surface area contributed by atoms with Crippen LogP contribution in [0.4, 0.5) is 4.39 Å². The molecule has 0 aromatic heterocycles. The Morgan fingerprint density at radius 1 is 0.943 bits per heavy atom. The molecule has 35 heavy (non-hydrogen) atoms. The number of Topliss-reactive ketones (excluding diaryl/α,β-unsaturated/α-hetero) is 1. The molecule has 0 radical (unpaired) electrons. The number of carbonyl (C=O) groups excluding carboxylic acids is 2. The molecule has 0 aliphatic carbocycles. The maximum Gasteiger partial charge on any atom is 0.295 e. The lowest BCUT2D eigenvalue weighted by Crippen LogP contribution is -2.31. The summed E-state index contributed by atoms with van der Waals surface area (Å²) in [7, 11) is 3.07. The topological polar surface area (TPSA) is 96.3 Å². The number of rotatable bonds is 7. The number of halogens is 1. The van der Waals surface area contributed by atoms with E-state index in [0.29, 0.717) is 23.5 Å². The van der Waals surface area contributed by atoms with Gasteiger partial charge in [-0.05, 0) is 66.1 Å². The lowest BCUT2D eigenvalue weighted by Gasteiger charge is -2.25. The zero-order chi connectivity index (χ0) is 25.1. The number of aromatic hydroxyl groups is 1. The standard InChI is InChI=1S/C27H24FNO6/c1-34-21-12-3-16(15-22(21)35-2)13-14-29-24(17-6-10-20(30)11-7-17)23(26(32)27(29)33)25(31)18-4-8-19(28)9-5-18/h3-12,15,24,30-31H,13-14H2,1-2H3. The third kappa shape index (κ3) is 4.68. The summed E-state index contributed by atoms with van der Waals surface area (Å²) in [6.45, 7) is 0.172. The Morgan fingerprint density at radius 2 is 1.60 bits per heavy atom. The average molecular weight is 477 g/mol. The van der Waals surface area contributed by atoms with Crippen LogP contribution in [0.25, 0.3) is 5.76 Å². The highest BCUT2D eigenvalue weighted by Crippen LogP contribution is 2.40. The summed E-state index contributed by atoms with van der Waals surface area (Å²) in [6.07, 6.45) is 0.401. The largest absolute Gasteiger partial charge is 0.508 e. The maximum absolute atomic E-state index is 13.4. The highest BCUT2D eigenvalue weighted by atomic mass is 19.1. The second-order valence-corrected chi connectivity index (χ2v) is 8.03. The number of aliphatic hydroxyl groups is 1. The second-order valence-electron chi connectivity index (χ2n) is 8.03. The number of methoxy groups -OCH3 is 2. The Labute approximate surface area is 201 Å². The zero-order valence-corrected chi connectivity index (χ0v) is 19.2. The Balaban J connectivity index is 1.73. The summed E-state index contributed by atoms with van der Waals surface area (Å²) < 4.78 is 24.0. The molecular formula is C27H24FNO6. The molecular weight excluding hydrogens is 453 g/mol. The summed E-state index contributed by atoms with van der Waals surface area (Å²) in [5.74, 6) is -1.35. The number of phenolic OH excluding ortho intramolecular Hbond substituents is 1. The molecule has 7 nitrogen and oxygen atoms in total. The number of amides is 1. The lowest BCUT2D eigenvalue weighted by molar-refractivity contribution is -0.139. The van der Waals surface area contributed by atoms with E-state index in [4.69, 9.17) is 9.47 Å². The van der Waals surface area contributed by atoms with Crippen molar-refractivity contribution < 1.29 is 33.7 Å². The molecule has 3 aromatic rings. The minimum atomic E-state index is -0.888. The van der Waals surface area contributed by atoms with Crippen LogP contribution in [-0.4, -0.2) is 47.6 Å². The number of hydrogen-bond donors (Lipinski definition) is 2. The Bertz CT molecular complexity index is 1280. The average Bonchev–Trinajstić information content (AvgIpc) is 3.12. The van der Waals surface area contributed by atoms with Gasteiger partial charge in [0.15, 0.2) is 11.5 Å². The molecule has 1 atom stereocenters. The fraction of sp³-hybridized carbons (Fsp3) is 0.185. The van der Waals surface area contributed by atoms with Crippen LogP contribution >= 0.6 is 0 Å². The number of carbonyl (C=O) groups is 2. The predicted octanol–water partition coefficient (Wildman–Crippen LogP) is 4.21. The van der Waals surface area contributed by atoms with Gasteiger partial charge in [0, 0.05) is 12.1 Å². The third-order valence-electron chi connectivity index (χ3n) is 5.96. The number of phenols is 1. The van der Waals surface area contributed by atoms with Crippen molar-refractivity contribution >= 4 is 17.4 Å². The van der Waals surface area contributed by atoms with Crippen LogP contribution in [0, 0.1) is 5.82 Å². The second kappa shape index (κ2) is 9.89. The van der Waals surface area contributed by atoms with E-state index in [2.05, 4.69) is 0 Å². The Morgan fingerprint density at radius 3 is 2.23 bits per heavy atom. The fourth-order valence-corrected chi connectivity index (χ4v) is 4.16. The number of benzene rings is 3. The SMILES string of the molecule is COc1ccc(CCN2C(=O)C(=O)C(=C(O)c3ccc(F)cc3)C2c2ccc(O)cc2)cc1OC. The molecule has 0 spiro atoms. The molecule has 180 valence electrons. The van der Waals surface area contributed by atoms with Gasteiger partial charge in [-0.3, -0.25) is 9.59 Å². The molecule has 1 heterocycles. The zero-order valence-electron chi connectivity index (χ0n) is 19.2. The van der Waals surface area contributed by atoms with Crippen molar-refractivity contribution in [3.63, 3.8) is 0 Å². The van der Waals surface area contributed by atoms with Gasteiger partial charge in [-0.2, -0.15) is 0 Å². The van der Waals surface area contributed by atoms with Gasteiger partial charge >= 0.3 is 0 Å². The molecule has 1 amide bonds. The third-order valence-corrected chi connectivity index (χ3v) is 5.96. The van der Waals surface area contributed by atoms with Crippen LogP contribution in [0.1, 0.15) is 22.7 Å². The Kier molecular flexibility index (Phi) is 6.73. The monoisotopic (exact) mass is 477 g/mol. The molecule has 1 saturated heterocycles. The van der Waals surface area contributed by atoms with Crippen LogP contribution in [0.3, 0.4) is 0 Å². The molecule has 1 aliphatic rings. The molecule has 2 N–H and O–H groups in total. The summed E-state index contributed by atoms with van der Waals surface area (Å²) >= 11 is 0. The van der Waals surface area contributed by atoms with Crippen molar-refractivity contribution in [3.8, 4) is 17.2 Å². The number of hydrogen-bond acceptors (Lipinski definition) is 6. The normalized spacial score (nSPS) is 17.0. The van der Waals surface area contributed by atoms with Crippen molar-refractivity contribution in [2.24, 2.45) is 0 Å². The van der Waals surface area contributed by atoms with Crippen LogP contribution in [-0.2, 0) is 16.0 Å². The van der Waals surface area contributed by atoms with Gasteiger partial charge in [-0.1, -0.05) is 18.2 Å². The van der Waals surface area contributed by atoms with E-state index in [9.17, 15) is 24.2 Å². The van der Waals surface area contributed by atoms with Gasteiger partial charge in [0.2, 0.25) is 0 Å². The number of likely N-dealkylation sites (tertiary alicyclic amines) is 1. The minimum absolute atomic E-state index is 0.0227. The van der Waals surface area contributed by atoms with Gasteiger partial charge < -0.3 is 24.6 Å². The molecule has 1 fully saturated rings. The van der Waals surface area contributed by atoms with Crippen molar-refractivity contribution in [1.82, 2.24) is 4.90 Å². The van der Waals surface area contributed by atoms with E-state index in [0.717, 1.165) is 17.7 Å². The first-order valence-corrected chi connectivity index (χ1v) is 10.9. The molecule has 4 rings (SSSR count). The number of ketones is 1. The minimum Gasteiger partial charge on any atom is -0.508 e. The van der Waals surface area contributed by atoms with Gasteiger partial charge in [-0.15, -0.1) is 0 Å². The van der Waals surface area contributed by atoms with E-state index < -0.39 is 29.3 Å². The fourth-order valence-electron chi connectivity index (χ4n) is 4.16. The highest BCUT2D eigenvalue weighted by Gasteiger charge is 2.45. The van der Waals surface area contributed by atoms with E-state index >= 15 is 0 Å². The van der Waals surface area contributed by atoms with Crippen LogP contribution in [0.2, 0.25) is 0 Å².